The van der Waals surface area contributed by atoms with Gasteiger partial charge in [-0.25, -0.2) is 4.98 Å². The molecule has 0 atom stereocenters. The summed E-state index contributed by atoms with van der Waals surface area (Å²) in [5, 5.41) is 1.75. The van der Waals surface area contributed by atoms with Crippen LogP contribution in [-0.4, -0.2) is 40.0 Å². The Morgan fingerprint density at radius 1 is 1.28 bits per heavy atom. The van der Waals surface area contributed by atoms with Gasteiger partial charge in [0, 0.05) is 45.2 Å². The van der Waals surface area contributed by atoms with Crippen LogP contribution in [0, 0.1) is 6.92 Å². The van der Waals surface area contributed by atoms with Crippen LogP contribution >= 0.6 is 23.4 Å². The van der Waals surface area contributed by atoms with E-state index in [0.29, 0.717) is 34.6 Å². The topological polar surface area (TPSA) is 61.9 Å². The van der Waals surface area contributed by atoms with E-state index in [-0.39, 0.29) is 5.56 Å². The first-order valence-corrected chi connectivity index (χ1v) is 14.8. The molecule has 3 rings (SSSR count). The third-order valence-electron chi connectivity index (χ3n) is 4.82. The summed E-state index contributed by atoms with van der Waals surface area (Å²) >= 11 is 7.98. The Bertz CT molecular complexity index is 1100. The zero-order valence-electron chi connectivity index (χ0n) is 17.7. The van der Waals surface area contributed by atoms with Crippen molar-refractivity contribution >= 4 is 42.5 Å². The molecule has 0 aliphatic carbocycles. The first-order valence-electron chi connectivity index (χ1n) is 9.47. The molecule has 6 nitrogen and oxygen atoms in total. The van der Waals surface area contributed by atoms with Crippen LogP contribution in [0.5, 0.6) is 0 Å². The molecule has 156 valence electrons. The van der Waals surface area contributed by atoms with Gasteiger partial charge in [-0.15, -0.1) is 0 Å². The average molecular weight is 451 g/mol. The van der Waals surface area contributed by atoms with Gasteiger partial charge in [0.25, 0.3) is 5.56 Å². The van der Waals surface area contributed by atoms with Crippen molar-refractivity contribution in [3.8, 4) is 11.1 Å². The quantitative estimate of drug-likeness (QED) is 0.224. The van der Waals surface area contributed by atoms with Crippen molar-refractivity contribution in [3.05, 3.63) is 39.5 Å². The highest BCUT2D eigenvalue weighted by Gasteiger charge is 2.21. The Hall–Kier alpha value is -1.61. The predicted octanol–water partition coefficient (Wildman–Crippen LogP) is 4.79. The summed E-state index contributed by atoms with van der Waals surface area (Å²) in [5.41, 5.74) is 2.78. The van der Waals surface area contributed by atoms with E-state index in [0.717, 1.165) is 22.9 Å². The smallest absolute Gasteiger partial charge is 0.264 e. The SMILES string of the molecule is CSc1nc2c(c(-c3ccnc(C)c3Cl)cn2COCC[Si](C)(C)C)c(=O)n1C. The lowest BCUT2D eigenvalue weighted by Gasteiger charge is -2.15. The van der Waals surface area contributed by atoms with Gasteiger partial charge in [0.1, 0.15) is 6.73 Å². The molecule has 0 bridgehead atoms. The molecule has 0 spiro atoms. The van der Waals surface area contributed by atoms with Crippen LogP contribution in [-0.2, 0) is 18.5 Å². The van der Waals surface area contributed by atoms with Crippen LogP contribution < -0.4 is 5.56 Å². The lowest BCUT2D eigenvalue weighted by atomic mass is 10.1. The normalized spacial score (nSPS) is 12.1. The molecule has 0 fully saturated rings. The van der Waals surface area contributed by atoms with Crippen LogP contribution in [0.25, 0.3) is 22.2 Å². The maximum Gasteiger partial charge on any atom is 0.264 e. The highest BCUT2D eigenvalue weighted by Crippen LogP contribution is 2.34. The molecule has 0 saturated carbocycles. The summed E-state index contributed by atoms with van der Waals surface area (Å²) in [6.07, 6.45) is 5.53. The van der Waals surface area contributed by atoms with Crippen molar-refractivity contribution in [3.63, 3.8) is 0 Å². The maximum atomic E-state index is 13.2. The molecule has 0 N–H and O–H groups in total. The Morgan fingerprint density at radius 2 is 2.00 bits per heavy atom. The summed E-state index contributed by atoms with van der Waals surface area (Å²) in [7, 11) is 0.569. The third kappa shape index (κ3) is 4.60. The number of halogens is 1. The van der Waals surface area contributed by atoms with Gasteiger partial charge in [0.05, 0.1) is 16.1 Å². The number of hydrogen-bond donors (Lipinski definition) is 0. The fourth-order valence-electron chi connectivity index (χ4n) is 3.08. The number of aryl methyl sites for hydroxylation is 1. The Balaban J connectivity index is 2.13. The van der Waals surface area contributed by atoms with Crippen molar-refractivity contribution < 1.29 is 4.74 Å². The summed E-state index contributed by atoms with van der Waals surface area (Å²) in [6, 6.07) is 2.92. The minimum Gasteiger partial charge on any atom is -0.361 e. The molecule has 0 saturated heterocycles. The zero-order valence-corrected chi connectivity index (χ0v) is 20.3. The predicted molar refractivity (Wildman–Crippen MR) is 124 cm³/mol. The van der Waals surface area contributed by atoms with Crippen molar-refractivity contribution in [2.75, 3.05) is 12.9 Å². The van der Waals surface area contributed by atoms with E-state index in [9.17, 15) is 4.79 Å². The van der Waals surface area contributed by atoms with Crippen LogP contribution in [0.15, 0.2) is 28.4 Å². The molecule has 3 aromatic heterocycles. The summed E-state index contributed by atoms with van der Waals surface area (Å²) in [6.45, 7) is 9.86. The van der Waals surface area contributed by atoms with E-state index < -0.39 is 8.07 Å². The van der Waals surface area contributed by atoms with Crippen molar-refractivity contribution in [1.29, 1.82) is 0 Å². The fourth-order valence-corrected chi connectivity index (χ4v) is 4.58. The zero-order chi connectivity index (χ0) is 21.3. The van der Waals surface area contributed by atoms with Crippen LogP contribution in [0.1, 0.15) is 5.69 Å². The number of rotatable bonds is 7. The number of pyridine rings is 1. The maximum absolute atomic E-state index is 13.2. The molecule has 0 aromatic carbocycles. The molecular formula is C20H27ClN4O2SSi. The summed E-state index contributed by atoms with van der Waals surface area (Å²) < 4.78 is 9.43. The number of ether oxygens (including phenoxy) is 1. The van der Waals surface area contributed by atoms with Crippen LogP contribution in [0.2, 0.25) is 30.7 Å². The van der Waals surface area contributed by atoms with E-state index >= 15 is 0 Å². The molecule has 29 heavy (non-hydrogen) atoms. The number of aromatic nitrogens is 4. The molecule has 9 heteroatoms. The number of fused-ring (bicyclic) bond motifs is 1. The van der Waals surface area contributed by atoms with E-state index in [1.54, 1.807) is 17.8 Å². The molecule has 0 unspecified atom stereocenters. The van der Waals surface area contributed by atoms with E-state index in [1.165, 1.54) is 11.8 Å². The van der Waals surface area contributed by atoms with Crippen LogP contribution in [0.3, 0.4) is 0 Å². The molecular weight excluding hydrogens is 424 g/mol. The average Bonchev–Trinajstić information content (AvgIpc) is 3.01. The first kappa shape index (κ1) is 22.1. The van der Waals surface area contributed by atoms with Crippen molar-refractivity contribution in [2.24, 2.45) is 7.05 Å². The van der Waals surface area contributed by atoms with E-state index in [2.05, 4.69) is 24.6 Å². The van der Waals surface area contributed by atoms with Gasteiger partial charge in [0.15, 0.2) is 10.8 Å². The second-order valence-corrected chi connectivity index (χ2v) is 15.1. The first-order chi connectivity index (χ1) is 13.6. The minimum atomic E-state index is -1.17. The standard InChI is InChI=1S/C20H27ClN4O2SSi/c1-13-17(21)14(7-8-22-13)15-11-25(12-27-9-10-29(4,5)6)18-16(15)19(26)24(2)20(23-18)28-3/h7-8,11H,9-10,12H2,1-6H3. The molecule has 0 aliphatic rings. The van der Waals surface area contributed by atoms with Crippen molar-refractivity contribution in [2.45, 2.75) is 44.5 Å². The van der Waals surface area contributed by atoms with Gasteiger partial charge >= 0.3 is 0 Å². The minimum absolute atomic E-state index is 0.0965. The Morgan fingerprint density at radius 3 is 2.66 bits per heavy atom. The lowest BCUT2D eigenvalue weighted by Crippen LogP contribution is -2.22. The van der Waals surface area contributed by atoms with Gasteiger partial charge in [-0.3, -0.25) is 14.3 Å². The van der Waals surface area contributed by atoms with Crippen molar-refractivity contribution in [1.82, 2.24) is 19.1 Å². The highest BCUT2D eigenvalue weighted by atomic mass is 35.5. The summed E-state index contributed by atoms with van der Waals surface area (Å²) in [5.74, 6) is 0. The molecule has 0 amide bonds. The van der Waals surface area contributed by atoms with Gasteiger partial charge in [0.2, 0.25) is 0 Å². The Kier molecular flexibility index (Phi) is 6.57. The second kappa shape index (κ2) is 8.63. The highest BCUT2D eigenvalue weighted by molar-refractivity contribution is 7.98. The second-order valence-electron chi connectivity index (χ2n) is 8.28. The number of hydrogen-bond acceptors (Lipinski definition) is 5. The molecule has 0 radical (unpaired) electrons. The number of nitrogens with zero attached hydrogens (tertiary/aromatic N) is 4. The van der Waals surface area contributed by atoms with Crippen LogP contribution in [0.4, 0.5) is 0 Å². The monoisotopic (exact) mass is 450 g/mol. The molecule has 3 heterocycles. The lowest BCUT2D eigenvalue weighted by molar-refractivity contribution is 0.0898. The Labute approximate surface area is 181 Å². The number of thioether (sulfide) groups is 1. The van der Waals surface area contributed by atoms with Gasteiger partial charge in [-0.2, -0.15) is 0 Å². The molecule has 3 aromatic rings. The fraction of sp³-hybridized carbons (Fsp3) is 0.450. The third-order valence-corrected chi connectivity index (χ3v) is 7.73. The molecule has 0 aliphatic heterocycles. The van der Waals surface area contributed by atoms with E-state index in [4.69, 9.17) is 21.3 Å². The largest absolute Gasteiger partial charge is 0.361 e. The van der Waals surface area contributed by atoms with Gasteiger partial charge in [-0.05, 0) is 25.3 Å². The van der Waals surface area contributed by atoms with Gasteiger partial charge < -0.3 is 9.30 Å². The summed E-state index contributed by atoms with van der Waals surface area (Å²) in [4.78, 5) is 22.2. The van der Waals surface area contributed by atoms with Gasteiger partial charge in [-0.1, -0.05) is 43.0 Å². The van der Waals surface area contributed by atoms with E-state index in [1.807, 2.05) is 30.0 Å².